The summed E-state index contributed by atoms with van der Waals surface area (Å²) in [6.07, 6.45) is 0. The molecule has 0 saturated carbocycles. The van der Waals surface area contributed by atoms with Crippen molar-refractivity contribution in [3.63, 3.8) is 0 Å². The largest absolute Gasteiger partial charge is 0.491 e. The van der Waals surface area contributed by atoms with E-state index in [4.69, 9.17) is 63.7 Å². The Morgan fingerprint density at radius 3 is 0.953 bits per heavy atom. The second-order valence-electron chi connectivity index (χ2n) is 8.41. The smallest absolute Gasteiger partial charge is 0.269 e. The fraction of sp³-hybridized carbons (Fsp3) is 0.786. The molecule has 250 valence electrons. The molecule has 0 aromatic heterocycles. The zero-order valence-corrected chi connectivity index (χ0v) is 25.8. The summed E-state index contributed by atoms with van der Waals surface area (Å²) < 4.78 is 59.5. The average molecular weight is 642 g/mol. The number of halogens is 1. The molecule has 1 aromatic carbocycles. The Morgan fingerprint density at radius 1 is 0.442 bits per heavy atom. The van der Waals surface area contributed by atoms with Gasteiger partial charge in [-0.05, 0) is 12.1 Å². The van der Waals surface area contributed by atoms with E-state index in [9.17, 15) is 10.1 Å². The minimum atomic E-state index is -0.453. The third-order valence-corrected chi connectivity index (χ3v) is 5.27. The Bertz CT molecular complexity index is 733. The van der Waals surface area contributed by atoms with Gasteiger partial charge in [0.05, 0.1) is 137 Å². The molecule has 0 heterocycles. The van der Waals surface area contributed by atoms with Crippen molar-refractivity contribution in [2.45, 2.75) is 0 Å². The van der Waals surface area contributed by atoms with Crippen molar-refractivity contribution in [3.05, 3.63) is 34.4 Å². The van der Waals surface area contributed by atoms with Crippen molar-refractivity contribution in [3.8, 4) is 5.75 Å². The summed E-state index contributed by atoms with van der Waals surface area (Å²) in [5, 5.41) is 10.6. The number of nitro groups is 1. The molecule has 43 heavy (non-hydrogen) atoms. The van der Waals surface area contributed by atoms with Gasteiger partial charge < -0.3 is 52.1 Å². The van der Waals surface area contributed by atoms with Crippen LogP contribution in [0.1, 0.15) is 0 Å². The molecule has 0 N–H and O–H groups in total. The van der Waals surface area contributed by atoms with E-state index < -0.39 is 4.92 Å². The summed E-state index contributed by atoms with van der Waals surface area (Å²) in [6.45, 7) is 10.2. The SMILES string of the molecule is O=[N+]([O-])c1ccc(OCCOCCOCCOCCOCCOCCOCCOCCOCCOCCOCCCl)cc1. The van der Waals surface area contributed by atoms with Gasteiger partial charge in [0.1, 0.15) is 12.4 Å². The Morgan fingerprint density at radius 2 is 0.698 bits per heavy atom. The molecule has 0 radical (unpaired) electrons. The van der Waals surface area contributed by atoms with Gasteiger partial charge in [-0.15, -0.1) is 11.6 Å². The van der Waals surface area contributed by atoms with Crippen LogP contribution in [0.2, 0.25) is 0 Å². The van der Waals surface area contributed by atoms with Gasteiger partial charge in [0.2, 0.25) is 0 Å². The molecule has 0 unspecified atom stereocenters. The van der Waals surface area contributed by atoms with Gasteiger partial charge in [-0.3, -0.25) is 10.1 Å². The molecule has 0 saturated heterocycles. The van der Waals surface area contributed by atoms with Gasteiger partial charge in [-0.2, -0.15) is 0 Å². The quantitative estimate of drug-likeness (QED) is 0.0470. The molecule has 0 aliphatic carbocycles. The van der Waals surface area contributed by atoms with Crippen LogP contribution in [-0.4, -0.2) is 150 Å². The highest BCUT2D eigenvalue weighted by atomic mass is 35.5. The molecular weight excluding hydrogens is 594 g/mol. The zero-order valence-electron chi connectivity index (χ0n) is 25.0. The molecule has 14 nitrogen and oxygen atoms in total. The summed E-state index contributed by atoms with van der Waals surface area (Å²) in [6, 6.07) is 5.91. The third-order valence-electron chi connectivity index (χ3n) is 5.11. The van der Waals surface area contributed by atoms with Gasteiger partial charge >= 0.3 is 0 Å². The van der Waals surface area contributed by atoms with E-state index in [1.165, 1.54) is 12.1 Å². The molecular formula is C28H48ClNO13. The second kappa shape index (κ2) is 31.7. The predicted octanol–water partition coefficient (Wildman–Crippen LogP) is 2.38. The van der Waals surface area contributed by atoms with E-state index >= 15 is 0 Å². The maximum Gasteiger partial charge on any atom is 0.269 e. The lowest BCUT2D eigenvalue weighted by atomic mass is 10.3. The van der Waals surface area contributed by atoms with Crippen LogP contribution in [0, 0.1) is 10.1 Å². The first kappa shape index (κ1) is 39.3. The van der Waals surface area contributed by atoms with Gasteiger partial charge in [-0.25, -0.2) is 0 Å². The minimum Gasteiger partial charge on any atom is -0.491 e. The molecule has 0 fully saturated rings. The topological polar surface area (TPSA) is 145 Å². The van der Waals surface area contributed by atoms with E-state index in [-0.39, 0.29) is 5.69 Å². The molecule has 1 aromatic rings. The summed E-state index contributed by atoms with van der Waals surface area (Å²) in [5.41, 5.74) is 0.0256. The highest BCUT2D eigenvalue weighted by Crippen LogP contribution is 2.17. The molecule has 0 bridgehead atoms. The van der Waals surface area contributed by atoms with Gasteiger partial charge in [0.25, 0.3) is 5.69 Å². The molecule has 0 aliphatic heterocycles. The molecule has 0 atom stereocenters. The van der Waals surface area contributed by atoms with Crippen molar-refractivity contribution in [2.24, 2.45) is 0 Å². The van der Waals surface area contributed by atoms with Crippen molar-refractivity contribution in [1.29, 1.82) is 0 Å². The number of rotatable bonds is 34. The number of ether oxygens (including phenoxy) is 11. The molecule has 1 rings (SSSR count). The minimum absolute atomic E-state index is 0.0256. The standard InChI is InChI=1S/C28H48ClNO13/c29-5-6-33-7-8-34-9-10-35-11-12-36-13-14-37-15-16-38-17-18-39-19-20-40-21-22-41-23-24-42-25-26-43-28-3-1-27(2-4-28)30(31)32/h1-4H,5-26H2. The Hall–Kier alpha value is -1.69. The number of hydrogen-bond donors (Lipinski definition) is 0. The van der Waals surface area contributed by atoms with Crippen LogP contribution in [0.5, 0.6) is 5.75 Å². The van der Waals surface area contributed by atoms with E-state index in [1.807, 2.05) is 0 Å². The lowest BCUT2D eigenvalue weighted by molar-refractivity contribution is -0.384. The van der Waals surface area contributed by atoms with Crippen LogP contribution in [-0.2, 0) is 47.4 Å². The summed E-state index contributed by atoms with van der Waals surface area (Å²) >= 11 is 5.50. The van der Waals surface area contributed by atoms with E-state index in [0.29, 0.717) is 150 Å². The average Bonchev–Trinajstić information content (AvgIpc) is 3.02. The Labute approximate surface area is 259 Å². The monoisotopic (exact) mass is 641 g/mol. The highest BCUT2D eigenvalue weighted by Gasteiger charge is 2.04. The lowest BCUT2D eigenvalue weighted by Crippen LogP contribution is -2.15. The van der Waals surface area contributed by atoms with Crippen LogP contribution in [0.15, 0.2) is 24.3 Å². The Kier molecular flexibility index (Phi) is 29.0. The second-order valence-corrected chi connectivity index (χ2v) is 8.79. The fourth-order valence-electron chi connectivity index (χ4n) is 3.02. The van der Waals surface area contributed by atoms with Crippen molar-refractivity contribution in [1.82, 2.24) is 0 Å². The van der Waals surface area contributed by atoms with Crippen LogP contribution >= 0.6 is 11.6 Å². The lowest BCUT2D eigenvalue weighted by Gasteiger charge is -2.09. The van der Waals surface area contributed by atoms with Crippen LogP contribution in [0.4, 0.5) is 5.69 Å². The third kappa shape index (κ3) is 27.6. The van der Waals surface area contributed by atoms with E-state index in [1.54, 1.807) is 12.1 Å². The van der Waals surface area contributed by atoms with Crippen LogP contribution < -0.4 is 4.74 Å². The summed E-state index contributed by atoms with van der Waals surface area (Å²) in [7, 11) is 0. The van der Waals surface area contributed by atoms with E-state index in [0.717, 1.165) is 0 Å². The normalized spacial score (nSPS) is 11.3. The first-order valence-electron chi connectivity index (χ1n) is 14.4. The molecule has 15 heteroatoms. The first-order chi connectivity index (χ1) is 21.2. The van der Waals surface area contributed by atoms with Crippen molar-refractivity contribution in [2.75, 3.05) is 145 Å². The highest BCUT2D eigenvalue weighted by molar-refractivity contribution is 6.17. The van der Waals surface area contributed by atoms with Gasteiger partial charge in [0, 0.05) is 18.0 Å². The molecule has 0 amide bonds. The van der Waals surface area contributed by atoms with Crippen LogP contribution in [0.25, 0.3) is 0 Å². The maximum absolute atomic E-state index is 10.6. The maximum atomic E-state index is 10.6. The predicted molar refractivity (Wildman–Crippen MR) is 158 cm³/mol. The number of benzene rings is 1. The summed E-state index contributed by atoms with van der Waals surface area (Å²) in [4.78, 5) is 10.2. The first-order valence-corrected chi connectivity index (χ1v) is 15.0. The number of non-ortho nitro benzene ring substituents is 1. The van der Waals surface area contributed by atoms with Gasteiger partial charge in [0.15, 0.2) is 0 Å². The fourth-order valence-corrected chi connectivity index (χ4v) is 3.13. The van der Waals surface area contributed by atoms with Gasteiger partial charge in [-0.1, -0.05) is 0 Å². The van der Waals surface area contributed by atoms with Crippen molar-refractivity contribution >= 4 is 17.3 Å². The Balaban J connectivity index is 1.66. The zero-order chi connectivity index (χ0) is 30.9. The number of nitrogens with zero attached hydrogens (tertiary/aromatic N) is 1. The number of nitro benzene ring substituents is 1. The van der Waals surface area contributed by atoms with Crippen molar-refractivity contribution < 1.29 is 57.0 Å². The number of hydrogen-bond acceptors (Lipinski definition) is 13. The molecule has 0 spiro atoms. The molecule has 0 aliphatic rings. The summed E-state index contributed by atoms with van der Waals surface area (Å²) in [5.74, 6) is 1.05. The van der Waals surface area contributed by atoms with E-state index in [2.05, 4.69) is 0 Å². The van der Waals surface area contributed by atoms with Crippen LogP contribution in [0.3, 0.4) is 0 Å². The number of alkyl halides is 1.